The van der Waals surface area contributed by atoms with E-state index in [0.29, 0.717) is 23.7 Å². The van der Waals surface area contributed by atoms with Gasteiger partial charge in [-0.25, -0.2) is 8.42 Å². The average molecular weight is 341 g/mol. The monoisotopic (exact) mass is 340 g/mol. The van der Waals surface area contributed by atoms with Gasteiger partial charge in [-0.05, 0) is 24.7 Å². The molecule has 0 aromatic heterocycles. The highest BCUT2D eigenvalue weighted by Gasteiger charge is 2.24. The van der Waals surface area contributed by atoms with Crippen molar-refractivity contribution in [2.75, 3.05) is 34.4 Å². The van der Waals surface area contributed by atoms with Gasteiger partial charge in [0.1, 0.15) is 4.90 Å². The first-order valence-electron chi connectivity index (χ1n) is 5.92. The topological polar surface area (TPSA) is 58.6 Å². The van der Waals surface area contributed by atoms with E-state index >= 15 is 0 Å². The van der Waals surface area contributed by atoms with E-state index in [9.17, 15) is 8.42 Å². The lowest BCUT2D eigenvalue weighted by atomic mass is 10.2. The molecule has 1 N–H and O–H groups in total. The first kappa shape index (κ1) is 17.7. The minimum absolute atomic E-state index is 0.0485. The molecule has 0 unspecified atom stereocenters. The summed E-state index contributed by atoms with van der Waals surface area (Å²) in [4.78, 5) is 0.0485. The smallest absolute Gasteiger partial charge is 0.244 e. The van der Waals surface area contributed by atoms with E-state index in [1.807, 2.05) is 0 Å². The van der Waals surface area contributed by atoms with Gasteiger partial charge >= 0.3 is 0 Å². The number of likely N-dealkylation sites (N-methyl/N-ethyl adjacent to an activating group) is 1. The van der Waals surface area contributed by atoms with Crippen LogP contribution in [0.15, 0.2) is 17.0 Å². The molecule has 1 rings (SSSR count). The van der Waals surface area contributed by atoms with Crippen LogP contribution >= 0.6 is 23.2 Å². The van der Waals surface area contributed by atoms with Crippen molar-refractivity contribution in [1.82, 2.24) is 9.62 Å². The van der Waals surface area contributed by atoms with Gasteiger partial charge < -0.3 is 10.1 Å². The van der Waals surface area contributed by atoms with Crippen molar-refractivity contribution < 1.29 is 13.2 Å². The van der Waals surface area contributed by atoms with Crippen molar-refractivity contribution in [1.29, 1.82) is 0 Å². The zero-order valence-electron chi connectivity index (χ0n) is 11.6. The summed E-state index contributed by atoms with van der Waals surface area (Å²) in [7, 11) is 1.09. The van der Waals surface area contributed by atoms with E-state index < -0.39 is 10.0 Å². The molecule has 0 radical (unpaired) electrons. The minimum Gasteiger partial charge on any atom is -0.383 e. The number of ether oxygens (including phenoxy) is 1. The predicted molar refractivity (Wildman–Crippen MR) is 80.9 cm³/mol. The third kappa shape index (κ3) is 4.07. The average Bonchev–Trinajstić information content (AvgIpc) is 2.38. The molecule has 8 heteroatoms. The first-order chi connectivity index (χ1) is 9.34. The van der Waals surface area contributed by atoms with Crippen LogP contribution in [0, 0.1) is 0 Å². The third-order valence-electron chi connectivity index (χ3n) is 2.77. The van der Waals surface area contributed by atoms with E-state index in [1.165, 1.54) is 30.6 Å². The molecule has 0 amide bonds. The zero-order chi connectivity index (χ0) is 15.3. The molecule has 0 aliphatic rings. The van der Waals surface area contributed by atoms with Crippen LogP contribution in [0.5, 0.6) is 0 Å². The number of nitrogens with zero attached hydrogens (tertiary/aromatic N) is 1. The Hall–Kier alpha value is -0.370. The van der Waals surface area contributed by atoms with E-state index in [1.54, 1.807) is 7.05 Å². The normalized spacial score (nSPS) is 12.1. The molecule has 0 atom stereocenters. The van der Waals surface area contributed by atoms with Gasteiger partial charge in [-0.1, -0.05) is 23.2 Å². The first-order valence-corrected chi connectivity index (χ1v) is 8.12. The van der Waals surface area contributed by atoms with Crippen molar-refractivity contribution >= 4 is 33.2 Å². The molecule has 0 spiro atoms. The molecular formula is C12H18Cl2N2O3S. The Balaban J connectivity index is 3.20. The molecule has 114 valence electrons. The lowest BCUT2D eigenvalue weighted by molar-refractivity contribution is 0.185. The van der Waals surface area contributed by atoms with Gasteiger partial charge in [0.05, 0.1) is 11.6 Å². The molecule has 0 saturated carbocycles. The molecule has 0 aliphatic carbocycles. The number of benzene rings is 1. The standard InChI is InChI=1S/C12H18Cl2N2O3S/c1-15-8-9-6-12(11(14)7-10(9)13)20(17,18)16(2)4-5-19-3/h6-7,15H,4-5,8H2,1-3H3. The Bertz CT molecular complexity index is 564. The summed E-state index contributed by atoms with van der Waals surface area (Å²) < 4.78 is 31.0. The van der Waals surface area contributed by atoms with Crippen molar-refractivity contribution in [3.05, 3.63) is 27.7 Å². The van der Waals surface area contributed by atoms with E-state index in [0.717, 1.165) is 0 Å². The van der Waals surface area contributed by atoms with Gasteiger partial charge in [-0.15, -0.1) is 0 Å². The Morgan fingerprint density at radius 2 is 1.95 bits per heavy atom. The Morgan fingerprint density at radius 1 is 1.30 bits per heavy atom. The molecule has 0 saturated heterocycles. The van der Waals surface area contributed by atoms with Gasteiger partial charge in [0.25, 0.3) is 0 Å². The number of sulfonamides is 1. The van der Waals surface area contributed by atoms with Crippen molar-refractivity contribution in [3.8, 4) is 0 Å². The second kappa shape index (κ2) is 7.59. The van der Waals surface area contributed by atoms with Crippen LogP contribution in [0.2, 0.25) is 10.0 Å². The second-order valence-corrected chi connectivity index (χ2v) is 7.05. The summed E-state index contributed by atoms with van der Waals surface area (Å²) in [5.41, 5.74) is 0.678. The van der Waals surface area contributed by atoms with E-state index in [-0.39, 0.29) is 16.5 Å². The lowest BCUT2D eigenvalue weighted by Gasteiger charge is -2.18. The number of halogens is 2. The number of hydrogen-bond acceptors (Lipinski definition) is 4. The van der Waals surface area contributed by atoms with Gasteiger partial charge in [0.2, 0.25) is 10.0 Å². The van der Waals surface area contributed by atoms with E-state index in [2.05, 4.69) is 5.32 Å². The maximum atomic E-state index is 12.4. The van der Waals surface area contributed by atoms with Crippen molar-refractivity contribution in [3.63, 3.8) is 0 Å². The fourth-order valence-corrected chi connectivity index (χ4v) is 3.59. The van der Waals surface area contributed by atoms with Gasteiger partial charge in [0.15, 0.2) is 0 Å². The second-order valence-electron chi connectivity index (χ2n) is 4.22. The lowest BCUT2D eigenvalue weighted by Crippen LogP contribution is -2.30. The van der Waals surface area contributed by atoms with Gasteiger partial charge in [0, 0.05) is 32.3 Å². The zero-order valence-corrected chi connectivity index (χ0v) is 13.9. The molecule has 1 aromatic carbocycles. The molecule has 0 heterocycles. The molecule has 5 nitrogen and oxygen atoms in total. The molecule has 0 bridgehead atoms. The molecule has 1 aromatic rings. The van der Waals surface area contributed by atoms with Crippen molar-refractivity contribution in [2.24, 2.45) is 0 Å². The van der Waals surface area contributed by atoms with Crippen LogP contribution in [-0.4, -0.2) is 47.1 Å². The quantitative estimate of drug-likeness (QED) is 0.824. The highest BCUT2D eigenvalue weighted by Crippen LogP contribution is 2.30. The third-order valence-corrected chi connectivity index (χ3v) is 5.44. The summed E-state index contributed by atoms with van der Waals surface area (Å²) in [6, 6.07) is 2.95. The number of methoxy groups -OCH3 is 1. The Kier molecular flexibility index (Phi) is 6.71. The fourth-order valence-electron chi connectivity index (χ4n) is 1.60. The summed E-state index contributed by atoms with van der Waals surface area (Å²) in [5, 5.41) is 3.47. The van der Waals surface area contributed by atoms with Gasteiger partial charge in [-0.3, -0.25) is 0 Å². The largest absolute Gasteiger partial charge is 0.383 e. The highest BCUT2D eigenvalue weighted by atomic mass is 35.5. The SMILES string of the molecule is CNCc1cc(S(=O)(=O)N(C)CCOC)c(Cl)cc1Cl. The molecule has 0 fully saturated rings. The molecule has 0 aliphatic heterocycles. The van der Waals surface area contributed by atoms with Crippen LogP contribution in [0.4, 0.5) is 0 Å². The number of nitrogens with one attached hydrogen (secondary N) is 1. The van der Waals surface area contributed by atoms with Crippen LogP contribution < -0.4 is 5.32 Å². The summed E-state index contributed by atoms with van der Waals surface area (Å²) >= 11 is 12.1. The minimum atomic E-state index is -3.66. The Labute approximate surface area is 129 Å². The van der Waals surface area contributed by atoms with Crippen LogP contribution in [0.1, 0.15) is 5.56 Å². The fraction of sp³-hybridized carbons (Fsp3) is 0.500. The Morgan fingerprint density at radius 3 is 2.50 bits per heavy atom. The van der Waals surface area contributed by atoms with Crippen molar-refractivity contribution in [2.45, 2.75) is 11.4 Å². The van der Waals surface area contributed by atoms with E-state index in [4.69, 9.17) is 27.9 Å². The predicted octanol–water partition coefficient (Wildman–Crippen LogP) is 1.98. The van der Waals surface area contributed by atoms with Crippen LogP contribution in [0.3, 0.4) is 0 Å². The van der Waals surface area contributed by atoms with Crippen LogP contribution in [0.25, 0.3) is 0 Å². The summed E-state index contributed by atoms with van der Waals surface area (Å²) in [6.45, 7) is 1.02. The molecular weight excluding hydrogens is 323 g/mol. The highest BCUT2D eigenvalue weighted by molar-refractivity contribution is 7.89. The number of hydrogen-bond donors (Lipinski definition) is 1. The summed E-state index contributed by atoms with van der Waals surface area (Å²) in [5.74, 6) is 0. The van der Waals surface area contributed by atoms with Crippen LogP contribution in [-0.2, 0) is 21.3 Å². The van der Waals surface area contributed by atoms with Gasteiger partial charge in [-0.2, -0.15) is 4.31 Å². The summed E-state index contributed by atoms with van der Waals surface area (Å²) in [6.07, 6.45) is 0. The number of rotatable bonds is 7. The molecule has 20 heavy (non-hydrogen) atoms. The maximum absolute atomic E-state index is 12.4. The maximum Gasteiger partial charge on any atom is 0.244 e.